The monoisotopic (exact) mass is 341 g/mol. The van der Waals surface area contributed by atoms with E-state index < -0.39 is 15.6 Å². The van der Waals surface area contributed by atoms with Gasteiger partial charge in [0.15, 0.2) is 0 Å². The number of amides is 1. The summed E-state index contributed by atoms with van der Waals surface area (Å²) in [7, 11) is -3.60. The lowest BCUT2D eigenvalue weighted by molar-refractivity contribution is -0.122. The van der Waals surface area contributed by atoms with Gasteiger partial charge in [-0.2, -0.15) is 4.31 Å². The van der Waals surface area contributed by atoms with Gasteiger partial charge in [-0.3, -0.25) is 9.59 Å². The molecule has 23 heavy (non-hydrogen) atoms. The summed E-state index contributed by atoms with van der Waals surface area (Å²) in [4.78, 5) is 23.9. The molecular weight excluding hydrogens is 318 g/mol. The zero-order valence-electron chi connectivity index (χ0n) is 13.5. The Balaban J connectivity index is 2.22. The van der Waals surface area contributed by atoms with Crippen molar-refractivity contribution >= 4 is 15.9 Å². The van der Waals surface area contributed by atoms with E-state index in [4.69, 9.17) is 0 Å². The van der Waals surface area contributed by atoms with Crippen molar-refractivity contribution in [3.8, 4) is 0 Å². The second-order valence-electron chi connectivity index (χ2n) is 5.82. The minimum absolute atomic E-state index is 0.00900. The molecule has 0 radical (unpaired) electrons. The van der Waals surface area contributed by atoms with Crippen molar-refractivity contribution < 1.29 is 13.2 Å². The molecule has 1 atom stereocenters. The van der Waals surface area contributed by atoms with Gasteiger partial charge in [0.2, 0.25) is 15.9 Å². The standard InChI is InChI=1S/C15H23N3O4S/c1-3-12(2)16-14(19)11-17-10-13(6-7-15(17)20)23(21,22)18-8-4-5-9-18/h6-7,10,12H,3-5,8-9,11H2,1-2H3,(H,16,19)/t12-/m1/s1. The SMILES string of the molecule is CC[C@@H](C)NC(=O)Cn1cc(S(=O)(=O)N2CCCC2)ccc1=O. The van der Waals surface area contributed by atoms with Crippen LogP contribution in [-0.4, -0.2) is 42.3 Å². The maximum absolute atomic E-state index is 12.5. The highest BCUT2D eigenvalue weighted by atomic mass is 32.2. The predicted molar refractivity (Wildman–Crippen MR) is 86.6 cm³/mol. The number of hydrogen-bond acceptors (Lipinski definition) is 4. The van der Waals surface area contributed by atoms with Crippen LogP contribution in [0.4, 0.5) is 0 Å². The van der Waals surface area contributed by atoms with Gasteiger partial charge in [-0.25, -0.2) is 8.42 Å². The van der Waals surface area contributed by atoms with Crippen LogP contribution >= 0.6 is 0 Å². The molecule has 2 rings (SSSR count). The summed E-state index contributed by atoms with van der Waals surface area (Å²) in [6.45, 7) is 4.62. The van der Waals surface area contributed by atoms with E-state index in [1.165, 1.54) is 22.6 Å². The Labute approximate surface area is 136 Å². The first-order valence-corrected chi connectivity index (χ1v) is 9.28. The lowest BCUT2D eigenvalue weighted by atomic mass is 10.2. The normalized spacial score (nSPS) is 17.1. The van der Waals surface area contributed by atoms with E-state index in [0.29, 0.717) is 13.1 Å². The van der Waals surface area contributed by atoms with Gasteiger partial charge in [0.1, 0.15) is 6.54 Å². The number of hydrogen-bond donors (Lipinski definition) is 1. The summed E-state index contributed by atoms with van der Waals surface area (Å²) >= 11 is 0. The van der Waals surface area contributed by atoms with Gasteiger partial charge in [0.05, 0.1) is 4.90 Å². The Morgan fingerprint density at radius 3 is 2.57 bits per heavy atom. The highest BCUT2D eigenvalue weighted by Gasteiger charge is 2.27. The molecule has 0 aromatic carbocycles. The van der Waals surface area contributed by atoms with Crippen LogP contribution in [0.15, 0.2) is 28.0 Å². The van der Waals surface area contributed by atoms with Crippen LogP contribution < -0.4 is 10.9 Å². The summed E-state index contributed by atoms with van der Waals surface area (Å²) in [6, 6.07) is 2.51. The molecule has 1 aromatic heterocycles. The highest BCUT2D eigenvalue weighted by molar-refractivity contribution is 7.89. The minimum atomic E-state index is -3.60. The first-order chi connectivity index (χ1) is 10.8. The molecule has 1 aliphatic rings. The van der Waals surface area contributed by atoms with Gasteiger partial charge in [-0.1, -0.05) is 6.92 Å². The van der Waals surface area contributed by atoms with Gasteiger partial charge >= 0.3 is 0 Å². The minimum Gasteiger partial charge on any atom is -0.352 e. The zero-order valence-corrected chi connectivity index (χ0v) is 14.3. The molecule has 0 bridgehead atoms. The molecule has 1 fully saturated rings. The molecule has 0 saturated carbocycles. The average molecular weight is 341 g/mol. The molecular formula is C15H23N3O4S. The number of pyridine rings is 1. The summed E-state index contributed by atoms with van der Waals surface area (Å²) in [6.07, 6.45) is 3.72. The van der Waals surface area contributed by atoms with Crippen LogP contribution in [0, 0.1) is 0 Å². The molecule has 0 unspecified atom stereocenters. The first kappa shape index (κ1) is 17.7. The molecule has 1 aromatic rings. The number of rotatable bonds is 6. The smallest absolute Gasteiger partial charge is 0.251 e. The van der Waals surface area contributed by atoms with Crippen molar-refractivity contribution in [1.29, 1.82) is 0 Å². The van der Waals surface area contributed by atoms with Gasteiger partial charge < -0.3 is 9.88 Å². The number of carbonyl (C=O) groups excluding carboxylic acids is 1. The molecule has 2 heterocycles. The number of nitrogens with zero attached hydrogens (tertiary/aromatic N) is 2. The fourth-order valence-electron chi connectivity index (χ4n) is 2.44. The Morgan fingerprint density at radius 2 is 1.96 bits per heavy atom. The fourth-order valence-corrected chi connectivity index (χ4v) is 3.98. The lowest BCUT2D eigenvalue weighted by Gasteiger charge is -2.17. The van der Waals surface area contributed by atoms with Crippen molar-refractivity contribution in [2.75, 3.05) is 13.1 Å². The van der Waals surface area contributed by atoms with Crippen LogP contribution in [0.25, 0.3) is 0 Å². The summed E-state index contributed by atoms with van der Waals surface area (Å²) in [5.41, 5.74) is -0.398. The number of carbonyl (C=O) groups is 1. The van der Waals surface area contributed by atoms with Crippen molar-refractivity contribution in [1.82, 2.24) is 14.2 Å². The molecule has 128 valence electrons. The number of sulfonamides is 1. The quantitative estimate of drug-likeness (QED) is 0.818. The maximum Gasteiger partial charge on any atom is 0.251 e. The first-order valence-electron chi connectivity index (χ1n) is 7.84. The summed E-state index contributed by atoms with van der Waals surface area (Å²) in [5, 5.41) is 2.76. The molecule has 0 aliphatic carbocycles. The van der Waals surface area contributed by atoms with Gasteiger partial charge in [-0.15, -0.1) is 0 Å². The molecule has 8 heteroatoms. The summed E-state index contributed by atoms with van der Waals surface area (Å²) < 4.78 is 27.6. The molecule has 1 amide bonds. The largest absolute Gasteiger partial charge is 0.352 e. The second kappa shape index (κ2) is 7.27. The molecule has 7 nitrogen and oxygen atoms in total. The Bertz CT molecular complexity index is 720. The molecule has 1 saturated heterocycles. The van der Waals surface area contributed by atoms with E-state index in [0.717, 1.165) is 23.8 Å². The Kier molecular flexibility index (Phi) is 5.59. The third kappa shape index (κ3) is 4.20. The predicted octanol–water partition coefficient (Wildman–Crippen LogP) is 0.548. The Morgan fingerprint density at radius 1 is 1.30 bits per heavy atom. The second-order valence-corrected chi connectivity index (χ2v) is 7.76. The van der Waals surface area contributed by atoms with E-state index in [9.17, 15) is 18.0 Å². The highest BCUT2D eigenvalue weighted by Crippen LogP contribution is 2.19. The fraction of sp³-hybridized carbons (Fsp3) is 0.600. The van der Waals surface area contributed by atoms with Crippen molar-refractivity contribution in [3.63, 3.8) is 0 Å². The van der Waals surface area contributed by atoms with Gasteiger partial charge in [0.25, 0.3) is 5.56 Å². The van der Waals surface area contributed by atoms with E-state index in [-0.39, 0.29) is 23.4 Å². The molecule has 0 spiro atoms. The van der Waals surface area contributed by atoms with Crippen LogP contribution in [0.2, 0.25) is 0 Å². The Hall–Kier alpha value is -1.67. The van der Waals surface area contributed by atoms with Gasteiger partial charge in [0, 0.05) is 31.4 Å². The summed E-state index contributed by atoms with van der Waals surface area (Å²) in [5.74, 6) is -0.308. The number of aromatic nitrogens is 1. The zero-order chi connectivity index (χ0) is 17.0. The van der Waals surface area contributed by atoms with E-state index >= 15 is 0 Å². The third-order valence-corrected chi connectivity index (χ3v) is 5.88. The van der Waals surface area contributed by atoms with Crippen molar-refractivity contribution in [3.05, 3.63) is 28.7 Å². The average Bonchev–Trinajstić information content (AvgIpc) is 3.04. The van der Waals surface area contributed by atoms with Crippen molar-refractivity contribution in [2.45, 2.75) is 50.6 Å². The third-order valence-electron chi connectivity index (χ3n) is 3.99. The van der Waals surface area contributed by atoms with E-state index in [2.05, 4.69) is 5.32 Å². The van der Waals surface area contributed by atoms with Crippen LogP contribution in [0.1, 0.15) is 33.1 Å². The van der Waals surface area contributed by atoms with Crippen LogP contribution in [0.3, 0.4) is 0 Å². The molecule has 1 aliphatic heterocycles. The molecule has 1 N–H and O–H groups in total. The van der Waals surface area contributed by atoms with E-state index in [1.807, 2.05) is 13.8 Å². The maximum atomic E-state index is 12.5. The van der Waals surface area contributed by atoms with Crippen molar-refractivity contribution in [2.24, 2.45) is 0 Å². The number of nitrogens with one attached hydrogen (secondary N) is 1. The van der Waals surface area contributed by atoms with Crippen LogP contribution in [-0.2, 0) is 21.4 Å². The van der Waals surface area contributed by atoms with Gasteiger partial charge in [-0.05, 0) is 32.3 Å². The van der Waals surface area contributed by atoms with E-state index in [1.54, 1.807) is 0 Å². The van der Waals surface area contributed by atoms with Crippen LogP contribution in [0.5, 0.6) is 0 Å². The topological polar surface area (TPSA) is 88.5 Å². The lowest BCUT2D eigenvalue weighted by Crippen LogP contribution is -2.37.